The van der Waals surface area contributed by atoms with E-state index in [0.717, 1.165) is 5.69 Å². The predicted octanol–water partition coefficient (Wildman–Crippen LogP) is 2.26. The van der Waals surface area contributed by atoms with Crippen molar-refractivity contribution >= 4 is 44.1 Å². The van der Waals surface area contributed by atoms with E-state index in [1.165, 1.54) is 11.3 Å². The van der Waals surface area contributed by atoms with Crippen molar-refractivity contribution in [3.05, 3.63) is 45.8 Å². The fourth-order valence-electron chi connectivity index (χ4n) is 2.77. The fraction of sp³-hybridized carbons (Fsp3) is 0.278. The third-order valence-corrected chi connectivity index (χ3v) is 5.90. The Morgan fingerprint density at radius 1 is 1.31 bits per heavy atom. The molecule has 2 aromatic heterocycles. The highest BCUT2D eigenvalue weighted by Crippen LogP contribution is 2.27. The van der Waals surface area contributed by atoms with E-state index >= 15 is 0 Å². The van der Waals surface area contributed by atoms with Crippen molar-refractivity contribution in [2.24, 2.45) is 0 Å². The Morgan fingerprint density at radius 3 is 2.76 bits per heavy atom. The zero-order valence-electron chi connectivity index (χ0n) is 15.4. The summed E-state index contributed by atoms with van der Waals surface area (Å²) in [6, 6.07) is 6.89. The van der Waals surface area contributed by atoms with Crippen molar-refractivity contribution in [3.8, 4) is 10.6 Å². The van der Waals surface area contributed by atoms with Crippen LogP contribution < -0.4 is 10.5 Å². The Kier molecular flexibility index (Phi) is 6.01. The number of aliphatic carboxylic acids is 1. The first kappa shape index (κ1) is 21.0. The molecule has 0 unspecified atom stereocenters. The summed E-state index contributed by atoms with van der Waals surface area (Å²) in [5, 5.41) is 11.5. The summed E-state index contributed by atoms with van der Waals surface area (Å²) in [6.07, 6.45) is 0.0294. The lowest BCUT2D eigenvalue weighted by Gasteiger charge is -2.19. The number of carboxylic acid groups (broad SMARTS) is 1. The number of hydrogen-bond acceptors (Lipinski definition) is 8. The van der Waals surface area contributed by atoms with Crippen LogP contribution in [-0.4, -0.2) is 48.4 Å². The Bertz CT molecular complexity index is 1210. The lowest BCUT2D eigenvalue weighted by molar-refractivity contribution is -0.136. The van der Waals surface area contributed by atoms with Gasteiger partial charge in [0, 0.05) is 36.1 Å². The molecule has 11 heteroatoms. The summed E-state index contributed by atoms with van der Waals surface area (Å²) in [5.74, 6) is -1.33. The molecule has 1 aromatic carbocycles. The molecule has 0 saturated heterocycles. The number of hydrogen-bond donors (Lipinski definition) is 2. The Hall–Kier alpha value is -2.76. The Balaban J connectivity index is 1.84. The van der Waals surface area contributed by atoms with Crippen LogP contribution in [0.4, 0.5) is 5.69 Å². The summed E-state index contributed by atoms with van der Waals surface area (Å²) >= 11 is 1.17. The van der Waals surface area contributed by atoms with Gasteiger partial charge in [0.2, 0.25) is 0 Å². The van der Waals surface area contributed by atoms with Gasteiger partial charge in [0.1, 0.15) is 10.6 Å². The van der Waals surface area contributed by atoms with Crippen LogP contribution in [0.1, 0.15) is 12.1 Å². The number of carboxylic acids is 1. The topological polar surface area (TPSA) is 138 Å². The molecule has 0 fully saturated rings. The fourth-order valence-corrected chi connectivity index (χ4v) is 4.08. The maximum absolute atomic E-state index is 12.4. The quantitative estimate of drug-likeness (QED) is 0.400. The molecule has 0 amide bonds. The van der Waals surface area contributed by atoms with Crippen LogP contribution in [0.15, 0.2) is 38.9 Å². The lowest BCUT2D eigenvalue weighted by atomic mass is 10.1. The van der Waals surface area contributed by atoms with Crippen LogP contribution in [0.25, 0.3) is 21.5 Å². The molecule has 0 aliphatic heterocycles. The molecule has 9 nitrogen and oxygen atoms in total. The number of anilines is 1. The Labute approximate surface area is 170 Å². The molecular weight excluding hydrogens is 420 g/mol. The van der Waals surface area contributed by atoms with E-state index in [1.54, 1.807) is 41.6 Å². The van der Waals surface area contributed by atoms with Crippen LogP contribution in [0.5, 0.6) is 0 Å². The van der Waals surface area contributed by atoms with Gasteiger partial charge in [-0.15, -0.1) is 11.3 Å². The molecule has 0 spiro atoms. The number of benzene rings is 1. The molecule has 0 saturated carbocycles. The van der Waals surface area contributed by atoms with Gasteiger partial charge < -0.3 is 14.4 Å². The van der Waals surface area contributed by atoms with Crippen LogP contribution >= 0.6 is 11.3 Å². The smallest absolute Gasteiger partial charge is 0.346 e. The molecule has 2 N–H and O–H groups in total. The summed E-state index contributed by atoms with van der Waals surface area (Å²) in [6.45, 7) is 0.388. The van der Waals surface area contributed by atoms with E-state index in [2.05, 4.69) is 4.98 Å². The predicted molar refractivity (Wildman–Crippen MR) is 109 cm³/mol. The molecule has 0 aliphatic rings. The zero-order chi connectivity index (χ0) is 21.2. The van der Waals surface area contributed by atoms with E-state index < -0.39 is 21.7 Å². The maximum atomic E-state index is 12.4. The first-order chi connectivity index (χ1) is 13.6. The minimum Gasteiger partial charge on any atom is -0.481 e. The molecule has 3 aromatic rings. The second kappa shape index (κ2) is 8.31. The Morgan fingerprint density at radius 2 is 2.07 bits per heavy atom. The summed E-state index contributed by atoms with van der Waals surface area (Å²) in [5.41, 5.74) is 1.13. The third kappa shape index (κ3) is 5.40. The zero-order valence-corrected chi connectivity index (χ0v) is 17.0. The summed E-state index contributed by atoms with van der Waals surface area (Å²) < 4.78 is 35.9. The second-order valence-corrected chi connectivity index (χ2v) is 8.88. The van der Waals surface area contributed by atoms with E-state index in [4.69, 9.17) is 14.1 Å². The highest BCUT2D eigenvalue weighted by molar-refractivity contribution is 7.85. The number of thiazole rings is 1. The number of fused-ring (bicyclic) bond motifs is 1. The SMILES string of the molecule is CN(CCCS(=O)(=O)O)c1ccc2cc(-c3nc(CC(=O)O)cs3)c(=O)oc2c1. The third-order valence-electron chi connectivity index (χ3n) is 4.17. The molecule has 154 valence electrons. The normalized spacial score (nSPS) is 11.7. The van der Waals surface area contributed by atoms with E-state index in [-0.39, 0.29) is 24.2 Å². The van der Waals surface area contributed by atoms with Gasteiger partial charge in [-0.1, -0.05) is 0 Å². The standard InChI is InChI=1S/C18H18N2O7S2/c1-20(5-2-6-29(24,25)26)13-4-3-11-7-14(18(23)27-15(11)9-13)17-19-12(10-28-17)8-16(21)22/h3-4,7,9-10H,2,5-6,8H2,1H3,(H,21,22)(H,24,25,26). The molecule has 3 rings (SSSR count). The van der Waals surface area contributed by atoms with Crippen molar-refractivity contribution in [1.29, 1.82) is 0 Å². The van der Waals surface area contributed by atoms with Crippen molar-refractivity contribution in [2.45, 2.75) is 12.8 Å². The van der Waals surface area contributed by atoms with Crippen LogP contribution in [0.2, 0.25) is 0 Å². The number of carbonyl (C=O) groups is 1. The van der Waals surface area contributed by atoms with Gasteiger partial charge >= 0.3 is 11.6 Å². The molecule has 0 atom stereocenters. The van der Waals surface area contributed by atoms with E-state index in [0.29, 0.717) is 28.2 Å². The van der Waals surface area contributed by atoms with E-state index in [9.17, 15) is 18.0 Å². The lowest BCUT2D eigenvalue weighted by Crippen LogP contribution is -2.21. The number of nitrogens with zero attached hydrogens (tertiary/aromatic N) is 2. The van der Waals surface area contributed by atoms with E-state index in [1.807, 2.05) is 0 Å². The van der Waals surface area contributed by atoms with Gasteiger partial charge in [-0.3, -0.25) is 9.35 Å². The monoisotopic (exact) mass is 438 g/mol. The van der Waals surface area contributed by atoms with Crippen LogP contribution in [0.3, 0.4) is 0 Å². The molecule has 2 heterocycles. The summed E-state index contributed by atoms with van der Waals surface area (Å²) in [4.78, 5) is 29.2. The highest BCUT2D eigenvalue weighted by atomic mass is 32.2. The molecule has 0 radical (unpaired) electrons. The average molecular weight is 438 g/mol. The van der Waals surface area contributed by atoms with Gasteiger partial charge in [-0.25, -0.2) is 9.78 Å². The first-order valence-electron chi connectivity index (χ1n) is 8.53. The van der Waals surface area contributed by atoms with Crippen molar-refractivity contribution in [2.75, 3.05) is 24.2 Å². The largest absolute Gasteiger partial charge is 0.481 e. The first-order valence-corrected chi connectivity index (χ1v) is 11.0. The highest BCUT2D eigenvalue weighted by Gasteiger charge is 2.14. The van der Waals surface area contributed by atoms with Crippen molar-refractivity contribution in [3.63, 3.8) is 0 Å². The maximum Gasteiger partial charge on any atom is 0.346 e. The van der Waals surface area contributed by atoms with Gasteiger partial charge in [0.05, 0.1) is 23.4 Å². The van der Waals surface area contributed by atoms with Crippen LogP contribution in [0, 0.1) is 0 Å². The molecule has 0 aliphatic carbocycles. The minimum atomic E-state index is -4.00. The molecule has 0 bridgehead atoms. The van der Waals surface area contributed by atoms with Crippen molar-refractivity contribution in [1.82, 2.24) is 4.98 Å². The van der Waals surface area contributed by atoms with Gasteiger partial charge in [0.15, 0.2) is 0 Å². The molecular formula is C18H18N2O7S2. The second-order valence-electron chi connectivity index (χ2n) is 6.45. The minimum absolute atomic E-state index is 0.220. The average Bonchev–Trinajstić information content (AvgIpc) is 3.06. The summed E-state index contributed by atoms with van der Waals surface area (Å²) in [7, 11) is -2.24. The van der Waals surface area contributed by atoms with Gasteiger partial charge in [-0.2, -0.15) is 8.42 Å². The number of aromatic nitrogens is 1. The van der Waals surface area contributed by atoms with Crippen molar-refractivity contribution < 1.29 is 27.3 Å². The number of rotatable bonds is 8. The van der Waals surface area contributed by atoms with Crippen LogP contribution in [-0.2, 0) is 21.3 Å². The van der Waals surface area contributed by atoms with Gasteiger partial charge in [0.25, 0.3) is 10.1 Å². The molecule has 29 heavy (non-hydrogen) atoms. The van der Waals surface area contributed by atoms with Gasteiger partial charge in [-0.05, 0) is 24.6 Å².